The van der Waals surface area contributed by atoms with E-state index in [2.05, 4.69) is 34.5 Å². The molecule has 2 fully saturated rings. The number of hydrogen-bond donors (Lipinski definition) is 2. The second-order valence-electron chi connectivity index (χ2n) is 8.34. The lowest BCUT2D eigenvalue weighted by Crippen LogP contribution is -2.49. The van der Waals surface area contributed by atoms with Crippen LogP contribution >= 0.6 is 0 Å². The van der Waals surface area contributed by atoms with Crippen molar-refractivity contribution < 1.29 is 14.6 Å². The van der Waals surface area contributed by atoms with Gasteiger partial charge in [-0.05, 0) is 44.3 Å². The molecule has 0 aliphatic carbocycles. The van der Waals surface area contributed by atoms with Gasteiger partial charge in [0.25, 0.3) is 0 Å². The molecule has 1 aromatic rings. The molecule has 2 saturated heterocycles. The minimum Gasteiger partial charge on any atom is -0.396 e. The van der Waals surface area contributed by atoms with Crippen LogP contribution in [0.25, 0.3) is 0 Å². The number of nitrogens with one attached hydrogen (secondary N) is 1. The third-order valence-electron chi connectivity index (χ3n) is 6.27. The molecule has 156 valence electrons. The number of hydrogen-bond acceptors (Lipinski definition) is 4. The van der Waals surface area contributed by atoms with Gasteiger partial charge in [-0.2, -0.15) is 0 Å². The molecular formula is C22H35N3O3. The summed E-state index contributed by atoms with van der Waals surface area (Å²) in [5, 5.41) is 13.0. The number of carbonyl (C=O) groups excluding carboxylic acids is 1. The van der Waals surface area contributed by atoms with E-state index >= 15 is 0 Å². The van der Waals surface area contributed by atoms with Crippen molar-refractivity contribution in [3.8, 4) is 0 Å². The highest BCUT2D eigenvalue weighted by molar-refractivity contribution is 5.74. The Kier molecular flexibility index (Phi) is 7.71. The smallest absolute Gasteiger partial charge is 0.317 e. The van der Waals surface area contributed by atoms with Gasteiger partial charge in [-0.15, -0.1) is 0 Å². The maximum atomic E-state index is 12.8. The van der Waals surface area contributed by atoms with Crippen molar-refractivity contribution in [1.82, 2.24) is 15.1 Å². The zero-order valence-electron chi connectivity index (χ0n) is 17.1. The third kappa shape index (κ3) is 5.46. The number of nitrogens with zero attached hydrogens (tertiary/aromatic N) is 2. The quantitative estimate of drug-likeness (QED) is 0.752. The Labute approximate surface area is 168 Å². The van der Waals surface area contributed by atoms with Gasteiger partial charge in [0, 0.05) is 38.8 Å². The van der Waals surface area contributed by atoms with E-state index in [1.165, 1.54) is 24.8 Å². The molecule has 0 unspecified atom stereocenters. The first-order valence-electron chi connectivity index (χ1n) is 10.6. The summed E-state index contributed by atoms with van der Waals surface area (Å²) >= 11 is 0. The van der Waals surface area contributed by atoms with E-state index in [0.29, 0.717) is 26.3 Å². The van der Waals surface area contributed by atoms with Crippen LogP contribution in [0.1, 0.15) is 43.7 Å². The number of aliphatic hydroxyl groups is 1. The average Bonchev–Trinajstić information content (AvgIpc) is 2.76. The van der Waals surface area contributed by atoms with E-state index < -0.39 is 0 Å². The third-order valence-corrected chi connectivity index (χ3v) is 6.27. The predicted octanol–water partition coefficient (Wildman–Crippen LogP) is 2.64. The summed E-state index contributed by atoms with van der Waals surface area (Å²) in [5.41, 5.74) is 1.01. The number of ether oxygens (including phenoxy) is 1. The van der Waals surface area contributed by atoms with Crippen molar-refractivity contribution in [2.75, 3.05) is 53.0 Å². The van der Waals surface area contributed by atoms with E-state index in [1.807, 2.05) is 13.1 Å². The van der Waals surface area contributed by atoms with Crippen LogP contribution in [-0.4, -0.2) is 74.0 Å². The summed E-state index contributed by atoms with van der Waals surface area (Å²) < 4.78 is 5.43. The Balaban J connectivity index is 1.59. The zero-order valence-corrected chi connectivity index (χ0v) is 17.1. The van der Waals surface area contributed by atoms with E-state index in [4.69, 9.17) is 4.74 Å². The molecule has 0 aromatic heterocycles. The summed E-state index contributed by atoms with van der Waals surface area (Å²) in [6.45, 7) is 4.72. The SMILES string of the molecule is CN(CC1(CO)CCOCC1)C(=O)NC[C@H](c1ccccc1)N1CCCCC1. The average molecular weight is 390 g/mol. The summed E-state index contributed by atoms with van der Waals surface area (Å²) in [6.07, 6.45) is 5.32. The maximum Gasteiger partial charge on any atom is 0.317 e. The molecule has 0 radical (unpaired) electrons. The molecule has 0 spiro atoms. The normalized spacial score (nSPS) is 21.1. The first-order chi connectivity index (χ1) is 13.6. The van der Waals surface area contributed by atoms with E-state index in [-0.39, 0.29) is 24.1 Å². The number of likely N-dealkylation sites (tertiary alicyclic amines) is 1. The number of amides is 2. The van der Waals surface area contributed by atoms with Crippen LogP contribution < -0.4 is 5.32 Å². The summed E-state index contributed by atoms with van der Waals surface area (Å²) in [4.78, 5) is 17.0. The summed E-state index contributed by atoms with van der Waals surface area (Å²) in [6, 6.07) is 10.6. The number of urea groups is 1. The standard InChI is InChI=1S/C22H35N3O3/c1-24(17-22(18-26)10-14-28-15-11-22)21(27)23-16-20(19-8-4-2-5-9-19)25-12-6-3-7-13-25/h2,4-5,8-9,20,26H,3,6-7,10-18H2,1H3,(H,23,27)/t20-/m1/s1. The number of aliphatic hydroxyl groups excluding tert-OH is 1. The molecule has 0 saturated carbocycles. The van der Waals surface area contributed by atoms with Crippen molar-refractivity contribution in [3.63, 3.8) is 0 Å². The first kappa shape index (κ1) is 21.1. The minimum absolute atomic E-state index is 0.0720. The van der Waals surface area contributed by atoms with Gasteiger partial charge in [-0.1, -0.05) is 36.8 Å². The van der Waals surface area contributed by atoms with Crippen LogP contribution in [0.3, 0.4) is 0 Å². The molecule has 0 bridgehead atoms. The van der Waals surface area contributed by atoms with Crippen LogP contribution in [0.15, 0.2) is 30.3 Å². The van der Waals surface area contributed by atoms with Gasteiger partial charge in [-0.25, -0.2) is 4.79 Å². The molecule has 6 heteroatoms. The van der Waals surface area contributed by atoms with E-state index in [9.17, 15) is 9.90 Å². The Hall–Kier alpha value is -1.63. The van der Waals surface area contributed by atoms with Crippen molar-refractivity contribution in [2.45, 2.75) is 38.1 Å². The minimum atomic E-state index is -0.240. The molecule has 2 N–H and O–H groups in total. The maximum absolute atomic E-state index is 12.8. The van der Waals surface area contributed by atoms with Gasteiger partial charge in [0.2, 0.25) is 0 Å². The predicted molar refractivity (Wildman–Crippen MR) is 110 cm³/mol. The second-order valence-corrected chi connectivity index (χ2v) is 8.34. The molecule has 6 nitrogen and oxygen atoms in total. The number of rotatable bonds is 7. The lowest BCUT2D eigenvalue weighted by molar-refractivity contribution is -0.0261. The van der Waals surface area contributed by atoms with Gasteiger partial charge in [-0.3, -0.25) is 4.90 Å². The van der Waals surface area contributed by atoms with E-state index in [1.54, 1.807) is 4.90 Å². The number of benzene rings is 1. The van der Waals surface area contributed by atoms with Gasteiger partial charge in [0.15, 0.2) is 0 Å². The molecule has 2 heterocycles. The highest BCUT2D eigenvalue weighted by Gasteiger charge is 2.34. The lowest BCUT2D eigenvalue weighted by Gasteiger charge is -2.39. The monoisotopic (exact) mass is 389 g/mol. The topological polar surface area (TPSA) is 65.0 Å². The Morgan fingerprint density at radius 1 is 1.21 bits per heavy atom. The van der Waals surface area contributed by atoms with Crippen molar-refractivity contribution in [1.29, 1.82) is 0 Å². The van der Waals surface area contributed by atoms with Gasteiger partial charge >= 0.3 is 6.03 Å². The van der Waals surface area contributed by atoms with Crippen molar-refractivity contribution >= 4 is 6.03 Å². The Bertz CT molecular complexity index is 598. The fraction of sp³-hybridized carbons (Fsp3) is 0.682. The lowest BCUT2D eigenvalue weighted by atomic mass is 9.80. The summed E-state index contributed by atoms with van der Waals surface area (Å²) in [5.74, 6) is 0. The fourth-order valence-electron chi connectivity index (χ4n) is 4.43. The molecule has 28 heavy (non-hydrogen) atoms. The van der Waals surface area contributed by atoms with Crippen molar-refractivity contribution in [2.24, 2.45) is 5.41 Å². The van der Waals surface area contributed by atoms with Crippen LogP contribution in [0, 0.1) is 5.41 Å². The van der Waals surface area contributed by atoms with Gasteiger partial charge in [0.05, 0.1) is 12.6 Å². The molecule has 1 aromatic carbocycles. The van der Waals surface area contributed by atoms with Gasteiger partial charge < -0.3 is 20.1 Å². The fourth-order valence-corrected chi connectivity index (χ4v) is 4.43. The molecule has 1 atom stereocenters. The highest BCUT2D eigenvalue weighted by atomic mass is 16.5. The molecule has 3 rings (SSSR count). The molecule has 2 aliphatic rings. The van der Waals surface area contributed by atoms with E-state index in [0.717, 1.165) is 25.9 Å². The Morgan fingerprint density at radius 2 is 1.89 bits per heavy atom. The van der Waals surface area contributed by atoms with Crippen molar-refractivity contribution in [3.05, 3.63) is 35.9 Å². The molecule has 2 aliphatic heterocycles. The van der Waals surface area contributed by atoms with Crippen LogP contribution in [0.5, 0.6) is 0 Å². The Morgan fingerprint density at radius 3 is 2.54 bits per heavy atom. The molecule has 2 amide bonds. The van der Waals surface area contributed by atoms with Crippen LogP contribution in [0.2, 0.25) is 0 Å². The largest absolute Gasteiger partial charge is 0.396 e. The number of piperidine rings is 1. The molecular weight excluding hydrogens is 354 g/mol. The first-order valence-corrected chi connectivity index (χ1v) is 10.6. The zero-order chi connectivity index (χ0) is 19.8. The van der Waals surface area contributed by atoms with Crippen LogP contribution in [-0.2, 0) is 4.74 Å². The summed E-state index contributed by atoms with van der Waals surface area (Å²) in [7, 11) is 1.82. The highest BCUT2D eigenvalue weighted by Crippen LogP contribution is 2.31. The second kappa shape index (κ2) is 10.2. The number of carbonyl (C=O) groups is 1. The van der Waals surface area contributed by atoms with Crippen LogP contribution in [0.4, 0.5) is 4.79 Å². The van der Waals surface area contributed by atoms with Gasteiger partial charge in [0.1, 0.15) is 0 Å².